The predicted molar refractivity (Wildman–Crippen MR) is 121 cm³/mol. The van der Waals surface area contributed by atoms with Crippen LogP contribution in [-0.4, -0.2) is 58.6 Å². The second-order valence-corrected chi connectivity index (χ2v) is 8.68. The number of nitrogens with one attached hydrogen (secondary N) is 1. The molecular formula is C22H22F3N5O3S. The van der Waals surface area contributed by atoms with E-state index in [0.29, 0.717) is 43.1 Å². The number of para-hydroxylation sites is 1. The van der Waals surface area contributed by atoms with E-state index >= 15 is 0 Å². The molecule has 1 unspecified atom stereocenters. The van der Waals surface area contributed by atoms with Crippen molar-refractivity contribution in [1.82, 2.24) is 14.8 Å². The number of benzene rings is 2. The molecule has 0 aliphatic carbocycles. The summed E-state index contributed by atoms with van der Waals surface area (Å²) in [6, 6.07) is 14.6. The van der Waals surface area contributed by atoms with Crippen LogP contribution in [0.3, 0.4) is 0 Å². The number of nitrogens with zero attached hydrogens (tertiary/aromatic N) is 4. The van der Waals surface area contributed by atoms with Crippen molar-refractivity contribution in [2.24, 2.45) is 0 Å². The lowest BCUT2D eigenvalue weighted by Crippen LogP contribution is -2.37. The van der Waals surface area contributed by atoms with E-state index in [-0.39, 0.29) is 11.7 Å². The van der Waals surface area contributed by atoms with Gasteiger partial charge in [-0.25, -0.2) is 0 Å². The highest BCUT2D eigenvalue weighted by Gasteiger charge is 2.31. The topological polar surface area (TPSA) is 81.5 Å². The number of ether oxygens (including phenoxy) is 2. The molecule has 1 aliphatic heterocycles. The third kappa shape index (κ3) is 6.00. The number of halogens is 3. The average Bonchev–Trinajstić information content (AvgIpc) is 3.24. The van der Waals surface area contributed by atoms with Crippen LogP contribution >= 0.6 is 11.8 Å². The van der Waals surface area contributed by atoms with Crippen LogP contribution < -0.4 is 15.0 Å². The SMILES string of the molecule is CC(Sc1nnc(N2CCOCC2)n1-c1ccccc1)C(=O)Nc1ccc(OC(F)(F)F)cc1. The van der Waals surface area contributed by atoms with Crippen molar-refractivity contribution in [3.05, 3.63) is 54.6 Å². The van der Waals surface area contributed by atoms with Gasteiger partial charge in [0.2, 0.25) is 11.9 Å². The lowest BCUT2D eigenvalue weighted by atomic mass is 10.3. The Morgan fingerprint density at radius 2 is 1.76 bits per heavy atom. The van der Waals surface area contributed by atoms with Crippen molar-refractivity contribution >= 4 is 29.3 Å². The van der Waals surface area contributed by atoms with E-state index in [4.69, 9.17) is 4.74 Å². The highest BCUT2D eigenvalue weighted by atomic mass is 32.2. The second kappa shape index (κ2) is 10.3. The molecule has 12 heteroatoms. The number of alkyl halides is 3. The third-order valence-corrected chi connectivity index (χ3v) is 5.97. The van der Waals surface area contributed by atoms with E-state index in [9.17, 15) is 18.0 Å². The molecular weight excluding hydrogens is 471 g/mol. The van der Waals surface area contributed by atoms with Gasteiger partial charge in [0.25, 0.3) is 0 Å². The number of rotatable bonds is 7. The fraction of sp³-hybridized carbons (Fsp3) is 0.318. The summed E-state index contributed by atoms with van der Waals surface area (Å²) >= 11 is 1.23. The second-order valence-electron chi connectivity index (χ2n) is 7.37. The summed E-state index contributed by atoms with van der Waals surface area (Å²) in [5, 5.41) is 11.4. The van der Waals surface area contributed by atoms with E-state index < -0.39 is 11.6 Å². The number of hydrogen-bond donors (Lipinski definition) is 1. The molecule has 0 bridgehead atoms. The van der Waals surface area contributed by atoms with Gasteiger partial charge in [-0.2, -0.15) is 0 Å². The number of morpholine rings is 1. The molecule has 1 atom stereocenters. The largest absolute Gasteiger partial charge is 0.573 e. The van der Waals surface area contributed by atoms with Crippen LogP contribution in [-0.2, 0) is 9.53 Å². The van der Waals surface area contributed by atoms with Gasteiger partial charge in [-0.15, -0.1) is 23.4 Å². The zero-order valence-corrected chi connectivity index (χ0v) is 19.0. The minimum absolute atomic E-state index is 0.329. The quantitative estimate of drug-likeness (QED) is 0.496. The fourth-order valence-corrected chi connectivity index (χ4v) is 4.17. The minimum atomic E-state index is -4.77. The molecule has 1 fully saturated rings. The Balaban J connectivity index is 1.48. The number of aromatic nitrogens is 3. The van der Waals surface area contributed by atoms with Crippen LogP contribution in [0.2, 0.25) is 0 Å². The number of thioether (sulfide) groups is 1. The smallest absolute Gasteiger partial charge is 0.406 e. The Kier molecular flexibility index (Phi) is 7.27. The monoisotopic (exact) mass is 493 g/mol. The molecule has 3 aromatic rings. The highest BCUT2D eigenvalue weighted by molar-refractivity contribution is 8.00. The predicted octanol–water partition coefficient (Wildman–Crippen LogP) is 4.12. The third-order valence-electron chi connectivity index (χ3n) is 4.93. The van der Waals surface area contributed by atoms with Gasteiger partial charge in [0.1, 0.15) is 5.75 Å². The fourth-order valence-electron chi connectivity index (χ4n) is 3.31. The van der Waals surface area contributed by atoms with Crippen molar-refractivity contribution in [3.63, 3.8) is 0 Å². The molecule has 4 rings (SSSR count). The Hall–Kier alpha value is -3.25. The van der Waals surface area contributed by atoms with Crippen molar-refractivity contribution in [3.8, 4) is 11.4 Å². The standard InChI is InChI=1S/C22H22F3N5O3S/c1-15(19(31)26-16-7-9-18(10-8-16)33-22(23,24)25)34-21-28-27-20(29-11-13-32-14-12-29)30(21)17-5-3-2-4-6-17/h2-10,15H,11-14H2,1H3,(H,26,31). The van der Waals surface area contributed by atoms with Crippen LogP contribution in [0, 0.1) is 0 Å². The molecule has 0 spiro atoms. The molecule has 1 aromatic heterocycles. The normalized spacial score (nSPS) is 15.1. The molecule has 34 heavy (non-hydrogen) atoms. The molecule has 8 nitrogen and oxygen atoms in total. The molecule has 1 aliphatic rings. The molecule has 1 amide bonds. The van der Waals surface area contributed by atoms with Crippen LogP contribution in [0.15, 0.2) is 59.8 Å². The zero-order chi connectivity index (χ0) is 24.1. The number of hydrogen-bond acceptors (Lipinski definition) is 7. The van der Waals surface area contributed by atoms with Crippen molar-refractivity contribution in [2.75, 3.05) is 36.5 Å². The van der Waals surface area contributed by atoms with Gasteiger partial charge >= 0.3 is 6.36 Å². The summed E-state index contributed by atoms with van der Waals surface area (Å²) in [4.78, 5) is 14.8. The van der Waals surface area contributed by atoms with Crippen LogP contribution in [0.5, 0.6) is 5.75 Å². The maximum absolute atomic E-state index is 12.8. The van der Waals surface area contributed by atoms with E-state index in [1.165, 1.54) is 23.9 Å². The Morgan fingerprint density at radius 3 is 2.41 bits per heavy atom. The summed E-state index contributed by atoms with van der Waals surface area (Å²) in [5.74, 6) is -0.0191. The van der Waals surface area contributed by atoms with Crippen LogP contribution in [0.4, 0.5) is 24.8 Å². The van der Waals surface area contributed by atoms with E-state index in [1.54, 1.807) is 6.92 Å². The molecule has 180 valence electrons. The lowest BCUT2D eigenvalue weighted by Gasteiger charge is -2.28. The highest BCUT2D eigenvalue weighted by Crippen LogP contribution is 2.30. The van der Waals surface area contributed by atoms with Gasteiger partial charge in [-0.3, -0.25) is 9.36 Å². The van der Waals surface area contributed by atoms with Gasteiger partial charge in [-0.05, 0) is 43.3 Å². The Morgan fingerprint density at radius 1 is 1.09 bits per heavy atom. The van der Waals surface area contributed by atoms with Crippen molar-refractivity contribution < 1.29 is 27.4 Å². The number of carbonyl (C=O) groups is 1. The van der Waals surface area contributed by atoms with Gasteiger partial charge in [-0.1, -0.05) is 30.0 Å². The molecule has 2 aromatic carbocycles. The van der Waals surface area contributed by atoms with Crippen molar-refractivity contribution in [2.45, 2.75) is 23.7 Å². The first-order valence-corrected chi connectivity index (χ1v) is 11.3. The molecule has 1 N–H and O–H groups in total. The summed E-state index contributed by atoms with van der Waals surface area (Å²) in [6.07, 6.45) is -4.77. The molecule has 0 saturated carbocycles. The molecule has 2 heterocycles. The van der Waals surface area contributed by atoms with Gasteiger partial charge in [0.05, 0.1) is 24.2 Å². The first-order chi connectivity index (χ1) is 16.3. The van der Waals surface area contributed by atoms with Gasteiger partial charge < -0.3 is 19.7 Å². The Labute approximate surface area is 198 Å². The summed E-state index contributed by atoms with van der Waals surface area (Å²) in [7, 11) is 0. The van der Waals surface area contributed by atoms with Gasteiger partial charge in [0, 0.05) is 18.8 Å². The first-order valence-electron chi connectivity index (χ1n) is 10.5. The first kappa shape index (κ1) is 23.9. The molecule has 0 radical (unpaired) electrons. The van der Waals surface area contributed by atoms with Gasteiger partial charge in [0.15, 0.2) is 5.16 Å². The minimum Gasteiger partial charge on any atom is -0.406 e. The van der Waals surface area contributed by atoms with Crippen LogP contribution in [0.25, 0.3) is 5.69 Å². The summed E-state index contributed by atoms with van der Waals surface area (Å²) in [6.45, 7) is 4.27. The Bertz CT molecular complexity index is 1100. The van der Waals surface area contributed by atoms with Crippen molar-refractivity contribution in [1.29, 1.82) is 0 Å². The average molecular weight is 494 g/mol. The number of anilines is 2. The van der Waals surface area contributed by atoms with E-state index in [2.05, 4.69) is 25.2 Å². The summed E-state index contributed by atoms with van der Waals surface area (Å²) < 4.78 is 48.2. The number of amides is 1. The number of carbonyl (C=O) groups excluding carboxylic acids is 1. The zero-order valence-electron chi connectivity index (χ0n) is 18.2. The van der Waals surface area contributed by atoms with Crippen LogP contribution in [0.1, 0.15) is 6.92 Å². The lowest BCUT2D eigenvalue weighted by molar-refractivity contribution is -0.274. The maximum atomic E-state index is 12.8. The summed E-state index contributed by atoms with van der Waals surface area (Å²) in [5.41, 5.74) is 1.22. The van der Waals surface area contributed by atoms with E-state index in [0.717, 1.165) is 17.8 Å². The molecule has 1 saturated heterocycles. The van der Waals surface area contributed by atoms with E-state index in [1.807, 2.05) is 34.9 Å². The maximum Gasteiger partial charge on any atom is 0.573 e.